The molecule has 0 atom stereocenters. The smallest absolute Gasteiger partial charge is 0.317 e. The van der Waals surface area contributed by atoms with Gasteiger partial charge < -0.3 is 15.3 Å². The molecule has 1 fully saturated rings. The lowest BCUT2D eigenvalue weighted by molar-refractivity contribution is -0.143. The Kier molecular flexibility index (Phi) is 7.41. The largest absolute Gasteiger partial charge is 0.481 e. The Balaban J connectivity index is 2.26. The van der Waals surface area contributed by atoms with E-state index in [4.69, 9.17) is 5.11 Å². The molecule has 0 heterocycles. The van der Waals surface area contributed by atoms with Gasteiger partial charge in [-0.05, 0) is 44.9 Å². The molecule has 5 nitrogen and oxygen atoms in total. The van der Waals surface area contributed by atoms with Crippen LogP contribution < -0.4 is 5.32 Å². The second kappa shape index (κ2) is 8.82. The molecule has 0 saturated heterocycles. The third kappa shape index (κ3) is 5.39. The minimum absolute atomic E-state index is 0.0151. The Bertz CT molecular complexity index is 312. The van der Waals surface area contributed by atoms with Crippen LogP contribution in [0.15, 0.2) is 0 Å². The van der Waals surface area contributed by atoms with Crippen molar-refractivity contribution < 1.29 is 14.7 Å². The second-order valence-electron chi connectivity index (χ2n) is 5.68. The van der Waals surface area contributed by atoms with Crippen LogP contribution in [0.2, 0.25) is 0 Å². The summed E-state index contributed by atoms with van der Waals surface area (Å²) in [5, 5.41) is 11.9. The summed E-state index contributed by atoms with van der Waals surface area (Å²) in [6.45, 7) is 6.33. The Hall–Kier alpha value is -1.26. The van der Waals surface area contributed by atoms with Crippen molar-refractivity contribution in [3.05, 3.63) is 0 Å². The van der Waals surface area contributed by atoms with Crippen molar-refractivity contribution in [2.45, 2.75) is 52.4 Å². The molecule has 5 heteroatoms. The molecule has 1 aliphatic rings. The molecule has 116 valence electrons. The van der Waals surface area contributed by atoms with Crippen molar-refractivity contribution in [3.8, 4) is 0 Å². The van der Waals surface area contributed by atoms with Crippen LogP contribution in [0.5, 0.6) is 0 Å². The molecule has 0 unspecified atom stereocenters. The standard InChI is InChI=1S/C15H28N2O3/c1-3-5-10-17(4-2)15(20)16-11-12-6-8-13(9-7-12)14(18)19/h12-13H,3-11H2,1-2H3,(H,16,20)(H,18,19). The molecule has 1 aliphatic carbocycles. The number of urea groups is 1. The Morgan fingerprint density at radius 3 is 2.35 bits per heavy atom. The third-order valence-electron chi connectivity index (χ3n) is 4.19. The Morgan fingerprint density at radius 1 is 1.20 bits per heavy atom. The normalized spacial score (nSPS) is 22.3. The maximum absolute atomic E-state index is 12.0. The van der Waals surface area contributed by atoms with E-state index in [1.165, 1.54) is 0 Å². The number of nitrogens with one attached hydrogen (secondary N) is 1. The SMILES string of the molecule is CCCCN(CC)C(=O)NCC1CCC(C(=O)O)CC1. The molecule has 20 heavy (non-hydrogen) atoms. The zero-order valence-corrected chi connectivity index (χ0v) is 12.7. The minimum Gasteiger partial charge on any atom is -0.481 e. The van der Waals surface area contributed by atoms with Gasteiger partial charge in [0, 0.05) is 19.6 Å². The van der Waals surface area contributed by atoms with E-state index in [2.05, 4.69) is 12.2 Å². The van der Waals surface area contributed by atoms with Gasteiger partial charge in [-0.25, -0.2) is 4.79 Å². The minimum atomic E-state index is -0.677. The van der Waals surface area contributed by atoms with Gasteiger partial charge in [-0.15, -0.1) is 0 Å². The highest BCUT2D eigenvalue weighted by molar-refractivity contribution is 5.74. The number of rotatable bonds is 7. The molecule has 1 saturated carbocycles. The molecule has 0 spiro atoms. The summed E-state index contributed by atoms with van der Waals surface area (Å²) < 4.78 is 0. The van der Waals surface area contributed by atoms with E-state index in [0.29, 0.717) is 12.5 Å². The summed E-state index contributed by atoms with van der Waals surface area (Å²) in [5.74, 6) is -0.428. The summed E-state index contributed by atoms with van der Waals surface area (Å²) >= 11 is 0. The van der Waals surface area contributed by atoms with Crippen molar-refractivity contribution in [2.24, 2.45) is 11.8 Å². The molecular weight excluding hydrogens is 256 g/mol. The fraction of sp³-hybridized carbons (Fsp3) is 0.867. The molecule has 0 aliphatic heterocycles. The molecule has 0 aromatic carbocycles. The quantitative estimate of drug-likeness (QED) is 0.755. The molecule has 0 radical (unpaired) electrons. The zero-order valence-electron chi connectivity index (χ0n) is 12.7. The van der Waals surface area contributed by atoms with E-state index in [1.54, 1.807) is 0 Å². The number of carboxylic acid groups (broad SMARTS) is 1. The van der Waals surface area contributed by atoms with Crippen LogP contribution in [0.1, 0.15) is 52.4 Å². The summed E-state index contributed by atoms with van der Waals surface area (Å²) in [7, 11) is 0. The Morgan fingerprint density at radius 2 is 1.85 bits per heavy atom. The average molecular weight is 284 g/mol. The highest BCUT2D eigenvalue weighted by atomic mass is 16.4. The third-order valence-corrected chi connectivity index (χ3v) is 4.19. The molecule has 0 aromatic rings. The van der Waals surface area contributed by atoms with Gasteiger partial charge in [0.05, 0.1) is 5.92 Å². The molecule has 2 amide bonds. The van der Waals surface area contributed by atoms with Crippen LogP contribution in [0.25, 0.3) is 0 Å². The summed E-state index contributed by atoms with van der Waals surface area (Å²) in [6.07, 6.45) is 5.40. The van der Waals surface area contributed by atoms with Crippen LogP contribution in [0, 0.1) is 11.8 Å². The highest BCUT2D eigenvalue weighted by Crippen LogP contribution is 2.28. The lowest BCUT2D eigenvalue weighted by atomic mass is 9.82. The number of aliphatic carboxylic acids is 1. The van der Waals surface area contributed by atoms with Gasteiger partial charge in [0.2, 0.25) is 0 Å². The maximum atomic E-state index is 12.0. The van der Waals surface area contributed by atoms with Crippen LogP contribution in [-0.4, -0.2) is 41.6 Å². The fourth-order valence-electron chi connectivity index (χ4n) is 2.71. The van der Waals surface area contributed by atoms with E-state index in [9.17, 15) is 9.59 Å². The van der Waals surface area contributed by atoms with E-state index >= 15 is 0 Å². The van der Waals surface area contributed by atoms with E-state index in [0.717, 1.165) is 51.6 Å². The van der Waals surface area contributed by atoms with Gasteiger partial charge in [-0.3, -0.25) is 4.79 Å². The maximum Gasteiger partial charge on any atom is 0.317 e. The molecule has 1 rings (SSSR count). The first-order chi connectivity index (χ1) is 9.58. The van der Waals surface area contributed by atoms with E-state index in [-0.39, 0.29) is 11.9 Å². The highest BCUT2D eigenvalue weighted by Gasteiger charge is 2.26. The molecule has 0 aromatic heterocycles. The van der Waals surface area contributed by atoms with Gasteiger partial charge in [-0.2, -0.15) is 0 Å². The predicted octanol–water partition coefficient (Wildman–Crippen LogP) is 2.71. The number of hydrogen-bond donors (Lipinski definition) is 2. The van der Waals surface area contributed by atoms with Gasteiger partial charge in [0.15, 0.2) is 0 Å². The monoisotopic (exact) mass is 284 g/mol. The molecule has 2 N–H and O–H groups in total. The molecule has 0 bridgehead atoms. The second-order valence-corrected chi connectivity index (χ2v) is 5.68. The van der Waals surface area contributed by atoms with Gasteiger partial charge in [-0.1, -0.05) is 13.3 Å². The fourth-order valence-corrected chi connectivity index (χ4v) is 2.71. The number of nitrogens with zero attached hydrogens (tertiary/aromatic N) is 1. The number of amides is 2. The first-order valence-electron chi connectivity index (χ1n) is 7.84. The Labute approximate surface area is 121 Å². The summed E-state index contributed by atoms with van der Waals surface area (Å²) in [5.41, 5.74) is 0. The van der Waals surface area contributed by atoms with Crippen molar-refractivity contribution in [1.82, 2.24) is 10.2 Å². The number of hydrogen-bond acceptors (Lipinski definition) is 2. The summed E-state index contributed by atoms with van der Waals surface area (Å²) in [4.78, 5) is 24.7. The van der Waals surface area contributed by atoms with Gasteiger partial charge in [0.1, 0.15) is 0 Å². The zero-order chi connectivity index (χ0) is 15.0. The predicted molar refractivity (Wildman–Crippen MR) is 78.6 cm³/mol. The first-order valence-corrected chi connectivity index (χ1v) is 7.84. The van der Waals surface area contributed by atoms with Crippen LogP contribution >= 0.6 is 0 Å². The van der Waals surface area contributed by atoms with Crippen molar-refractivity contribution >= 4 is 12.0 Å². The van der Waals surface area contributed by atoms with Crippen molar-refractivity contribution in [1.29, 1.82) is 0 Å². The average Bonchev–Trinajstić information content (AvgIpc) is 2.46. The van der Waals surface area contributed by atoms with Crippen molar-refractivity contribution in [2.75, 3.05) is 19.6 Å². The van der Waals surface area contributed by atoms with Gasteiger partial charge >= 0.3 is 12.0 Å². The van der Waals surface area contributed by atoms with E-state index < -0.39 is 5.97 Å². The van der Waals surface area contributed by atoms with Crippen LogP contribution in [0.3, 0.4) is 0 Å². The lowest BCUT2D eigenvalue weighted by Crippen LogP contribution is -2.42. The number of carbonyl (C=O) groups excluding carboxylic acids is 1. The number of carbonyl (C=O) groups is 2. The number of carboxylic acids is 1. The van der Waals surface area contributed by atoms with Crippen LogP contribution in [0.4, 0.5) is 4.79 Å². The summed E-state index contributed by atoms with van der Waals surface area (Å²) in [6, 6.07) is 0.0151. The van der Waals surface area contributed by atoms with Gasteiger partial charge in [0.25, 0.3) is 0 Å². The first kappa shape index (κ1) is 16.8. The van der Waals surface area contributed by atoms with E-state index in [1.807, 2.05) is 11.8 Å². The van der Waals surface area contributed by atoms with Crippen LogP contribution in [-0.2, 0) is 4.79 Å². The lowest BCUT2D eigenvalue weighted by Gasteiger charge is -2.27. The van der Waals surface area contributed by atoms with Crippen molar-refractivity contribution in [3.63, 3.8) is 0 Å². The molecular formula is C15H28N2O3. The topological polar surface area (TPSA) is 69.6 Å². The number of unbranched alkanes of at least 4 members (excludes halogenated alkanes) is 1.